The van der Waals surface area contributed by atoms with Gasteiger partial charge in [-0.25, -0.2) is 4.79 Å². The van der Waals surface area contributed by atoms with Crippen molar-refractivity contribution < 1.29 is 14.3 Å². The lowest BCUT2D eigenvalue weighted by atomic mass is 9.92. The predicted molar refractivity (Wildman–Crippen MR) is 70.8 cm³/mol. The quantitative estimate of drug-likeness (QED) is 0.840. The molecule has 2 rings (SSSR count). The topological polar surface area (TPSA) is 82.4 Å². The standard InChI is InChI=1S/C14H15N3O3/c1-14(10-4-6-11(20-2)7-5-10)12(18)17(9-3-8-15)13(19)16-14/h4-7H,3,9H2,1-2H3,(H,16,19). The summed E-state index contributed by atoms with van der Waals surface area (Å²) in [5.74, 6) is 0.332. The second-order valence-electron chi connectivity index (χ2n) is 4.65. The maximum absolute atomic E-state index is 12.4. The van der Waals surface area contributed by atoms with Gasteiger partial charge in [0.05, 0.1) is 19.6 Å². The molecule has 1 aliphatic rings. The van der Waals surface area contributed by atoms with E-state index >= 15 is 0 Å². The smallest absolute Gasteiger partial charge is 0.325 e. The normalized spacial score (nSPS) is 21.6. The number of methoxy groups -OCH3 is 1. The molecular weight excluding hydrogens is 258 g/mol. The van der Waals surface area contributed by atoms with Gasteiger partial charge in [0.1, 0.15) is 11.3 Å². The highest BCUT2D eigenvalue weighted by Gasteiger charge is 2.48. The molecule has 0 aliphatic carbocycles. The van der Waals surface area contributed by atoms with Crippen molar-refractivity contribution in [1.82, 2.24) is 10.2 Å². The molecule has 0 spiro atoms. The van der Waals surface area contributed by atoms with Crippen LogP contribution in [-0.2, 0) is 10.3 Å². The van der Waals surface area contributed by atoms with Crippen molar-refractivity contribution in [3.05, 3.63) is 29.8 Å². The van der Waals surface area contributed by atoms with Crippen LogP contribution in [0, 0.1) is 11.3 Å². The van der Waals surface area contributed by atoms with Crippen molar-refractivity contribution in [3.8, 4) is 11.8 Å². The molecule has 0 radical (unpaired) electrons. The molecule has 0 aromatic heterocycles. The minimum atomic E-state index is -1.10. The van der Waals surface area contributed by atoms with E-state index in [1.165, 1.54) is 0 Å². The summed E-state index contributed by atoms with van der Waals surface area (Å²) in [6, 6.07) is 8.41. The van der Waals surface area contributed by atoms with Gasteiger partial charge in [0.15, 0.2) is 0 Å². The summed E-state index contributed by atoms with van der Waals surface area (Å²) < 4.78 is 5.07. The number of urea groups is 1. The van der Waals surface area contributed by atoms with Crippen molar-refractivity contribution >= 4 is 11.9 Å². The number of amides is 3. The fourth-order valence-electron chi connectivity index (χ4n) is 2.18. The molecule has 3 amide bonds. The van der Waals surface area contributed by atoms with Gasteiger partial charge in [-0.05, 0) is 24.6 Å². The van der Waals surface area contributed by atoms with Crippen LogP contribution in [0.1, 0.15) is 18.9 Å². The van der Waals surface area contributed by atoms with Crippen LogP contribution in [-0.4, -0.2) is 30.5 Å². The average Bonchev–Trinajstić information content (AvgIpc) is 2.68. The van der Waals surface area contributed by atoms with Gasteiger partial charge in [-0.15, -0.1) is 0 Å². The average molecular weight is 273 g/mol. The van der Waals surface area contributed by atoms with Gasteiger partial charge < -0.3 is 10.1 Å². The Morgan fingerprint density at radius 1 is 1.35 bits per heavy atom. The van der Waals surface area contributed by atoms with Crippen molar-refractivity contribution in [2.24, 2.45) is 0 Å². The third-order valence-electron chi connectivity index (χ3n) is 3.39. The van der Waals surface area contributed by atoms with Crippen LogP contribution in [0.3, 0.4) is 0 Å². The third kappa shape index (κ3) is 2.18. The molecule has 6 nitrogen and oxygen atoms in total. The molecule has 1 unspecified atom stereocenters. The highest BCUT2D eigenvalue weighted by molar-refractivity contribution is 6.07. The fourth-order valence-corrected chi connectivity index (χ4v) is 2.18. The van der Waals surface area contributed by atoms with Gasteiger partial charge in [0, 0.05) is 6.54 Å². The second-order valence-corrected chi connectivity index (χ2v) is 4.65. The number of rotatable bonds is 4. The number of ether oxygens (including phenoxy) is 1. The SMILES string of the molecule is COc1ccc(C2(C)NC(=O)N(CCC#N)C2=O)cc1. The Kier molecular flexibility index (Phi) is 3.61. The van der Waals surface area contributed by atoms with E-state index < -0.39 is 11.6 Å². The molecule has 1 aromatic rings. The Balaban J connectivity index is 2.28. The first-order valence-corrected chi connectivity index (χ1v) is 6.18. The molecule has 0 saturated carbocycles. The van der Waals surface area contributed by atoms with Crippen LogP contribution < -0.4 is 10.1 Å². The molecule has 1 heterocycles. The second kappa shape index (κ2) is 5.21. The summed E-state index contributed by atoms with van der Waals surface area (Å²) in [6.45, 7) is 1.76. The Labute approximate surface area is 116 Å². The van der Waals surface area contributed by atoms with Crippen molar-refractivity contribution in [2.45, 2.75) is 18.9 Å². The number of imide groups is 1. The molecule has 6 heteroatoms. The first-order chi connectivity index (χ1) is 9.52. The number of hydrogen-bond acceptors (Lipinski definition) is 4. The number of benzene rings is 1. The van der Waals surface area contributed by atoms with Gasteiger partial charge in [0.2, 0.25) is 0 Å². The summed E-state index contributed by atoms with van der Waals surface area (Å²) in [6.07, 6.45) is 0.123. The maximum atomic E-state index is 12.4. The van der Waals surface area contributed by atoms with Crippen LogP contribution in [0.4, 0.5) is 4.79 Å². The zero-order chi connectivity index (χ0) is 14.8. The Hall–Kier alpha value is -2.55. The first-order valence-electron chi connectivity index (χ1n) is 6.18. The summed E-state index contributed by atoms with van der Waals surface area (Å²) in [7, 11) is 1.56. The monoisotopic (exact) mass is 273 g/mol. The molecular formula is C14H15N3O3. The van der Waals surface area contributed by atoms with E-state index in [4.69, 9.17) is 10.00 Å². The molecule has 1 aromatic carbocycles. The minimum Gasteiger partial charge on any atom is -0.497 e. The largest absolute Gasteiger partial charge is 0.497 e. The molecule has 0 bridgehead atoms. The Bertz CT molecular complexity index is 576. The minimum absolute atomic E-state index is 0.104. The summed E-state index contributed by atoms with van der Waals surface area (Å²) in [5, 5.41) is 11.3. The summed E-state index contributed by atoms with van der Waals surface area (Å²) >= 11 is 0. The molecule has 20 heavy (non-hydrogen) atoms. The molecule has 1 N–H and O–H groups in total. The summed E-state index contributed by atoms with van der Waals surface area (Å²) in [4.78, 5) is 25.3. The molecule has 104 valence electrons. The Morgan fingerprint density at radius 2 is 2.00 bits per heavy atom. The van der Waals surface area contributed by atoms with E-state index in [0.29, 0.717) is 11.3 Å². The lowest BCUT2D eigenvalue weighted by Gasteiger charge is -2.22. The van der Waals surface area contributed by atoms with Crippen LogP contribution in [0.2, 0.25) is 0 Å². The highest BCUT2D eigenvalue weighted by Crippen LogP contribution is 2.29. The Morgan fingerprint density at radius 3 is 2.55 bits per heavy atom. The van der Waals surface area contributed by atoms with Gasteiger partial charge in [-0.3, -0.25) is 9.69 Å². The van der Waals surface area contributed by atoms with Crippen molar-refractivity contribution in [1.29, 1.82) is 5.26 Å². The van der Waals surface area contributed by atoms with Crippen molar-refractivity contribution in [3.63, 3.8) is 0 Å². The number of carbonyl (C=O) groups is 2. The van der Waals surface area contributed by atoms with E-state index in [1.807, 2.05) is 6.07 Å². The highest BCUT2D eigenvalue weighted by atomic mass is 16.5. The lowest BCUT2D eigenvalue weighted by molar-refractivity contribution is -0.131. The van der Waals surface area contributed by atoms with Crippen LogP contribution in [0.5, 0.6) is 5.75 Å². The van der Waals surface area contributed by atoms with E-state index in [-0.39, 0.29) is 18.9 Å². The third-order valence-corrected chi connectivity index (χ3v) is 3.39. The zero-order valence-electron chi connectivity index (χ0n) is 11.3. The molecule has 1 aliphatic heterocycles. The van der Waals surface area contributed by atoms with E-state index in [9.17, 15) is 9.59 Å². The molecule has 1 atom stereocenters. The van der Waals surface area contributed by atoms with Gasteiger partial charge >= 0.3 is 6.03 Å². The van der Waals surface area contributed by atoms with Gasteiger partial charge in [-0.2, -0.15) is 5.26 Å². The van der Waals surface area contributed by atoms with Gasteiger partial charge in [-0.1, -0.05) is 12.1 Å². The van der Waals surface area contributed by atoms with E-state index in [1.54, 1.807) is 38.3 Å². The van der Waals surface area contributed by atoms with Gasteiger partial charge in [0.25, 0.3) is 5.91 Å². The number of carbonyl (C=O) groups excluding carboxylic acids is 2. The maximum Gasteiger partial charge on any atom is 0.325 e. The number of nitrogens with one attached hydrogen (secondary N) is 1. The summed E-state index contributed by atoms with van der Waals surface area (Å²) in [5.41, 5.74) is -0.421. The predicted octanol–water partition coefficient (Wildman–Crippen LogP) is 1.38. The lowest BCUT2D eigenvalue weighted by Crippen LogP contribution is -2.40. The van der Waals surface area contributed by atoms with Crippen LogP contribution in [0.25, 0.3) is 0 Å². The molecule has 1 fully saturated rings. The first kappa shape index (κ1) is 13.9. The van der Waals surface area contributed by atoms with Crippen LogP contribution >= 0.6 is 0 Å². The van der Waals surface area contributed by atoms with E-state index in [0.717, 1.165) is 4.90 Å². The van der Waals surface area contributed by atoms with E-state index in [2.05, 4.69) is 5.32 Å². The zero-order valence-corrected chi connectivity index (χ0v) is 11.3. The number of nitriles is 1. The fraction of sp³-hybridized carbons (Fsp3) is 0.357. The number of hydrogen-bond donors (Lipinski definition) is 1. The number of nitrogens with zero attached hydrogens (tertiary/aromatic N) is 2. The van der Waals surface area contributed by atoms with Crippen molar-refractivity contribution in [2.75, 3.05) is 13.7 Å². The molecule has 1 saturated heterocycles. The van der Waals surface area contributed by atoms with Crippen LogP contribution in [0.15, 0.2) is 24.3 Å².